The molecule has 3 aromatic rings. The fourth-order valence-electron chi connectivity index (χ4n) is 3.00. The average molecular weight is 367 g/mol. The van der Waals surface area contributed by atoms with Crippen LogP contribution in [0.3, 0.4) is 0 Å². The third kappa shape index (κ3) is 4.22. The molecule has 0 aliphatic carbocycles. The molecular formula is C21H25N3O3. The van der Waals surface area contributed by atoms with Gasteiger partial charge in [-0.05, 0) is 41.7 Å². The molecule has 0 aliphatic rings. The third-order valence-electron chi connectivity index (χ3n) is 4.58. The fraction of sp³-hybridized carbons (Fsp3) is 0.333. The molecule has 0 saturated heterocycles. The van der Waals surface area contributed by atoms with E-state index in [0.29, 0.717) is 24.7 Å². The van der Waals surface area contributed by atoms with Gasteiger partial charge in [0.15, 0.2) is 5.82 Å². The molecule has 3 rings (SSSR count). The molecule has 0 unspecified atom stereocenters. The minimum absolute atomic E-state index is 0.0881. The SMILES string of the molecule is COc1cc(CCn2c(O)nnc2-c2cccc(C(C)C)c2)cc(OC)c1. The molecule has 0 atom stereocenters. The van der Waals surface area contributed by atoms with Crippen LogP contribution in [0.15, 0.2) is 42.5 Å². The Bertz CT molecular complexity index is 897. The normalized spacial score (nSPS) is 11.0. The maximum Gasteiger partial charge on any atom is 0.314 e. The fourth-order valence-corrected chi connectivity index (χ4v) is 3.00. The van der Waals surface area contributed by atoms with E-state index in [1.807, 2.05) is 30.3 Å². The first kappa shape index (κ1) is 18.8. The van der Waals surface area contributed by atoms with Gasteiger partial charge in [0.25, 0.3) is 0 Å². The summed E-state index contributed by atoms with van der Waals surface area (Å²) in [5.74, 6) is 2.55. The summed E-state index contributed by atoms with van der Waals surface area (Å²) in [6.07, 6.45) is 0.677. The minimum Gasteiger partial charge on any atom is -0.497 e. The molecule has 27 heavy (non-hydrogen) atoms. The van der Waals surface area contributed by atoms with Crippen LogP contribution < -0.4 is 9.47 Å². The van der Waals surface area contributed by atoms with E-state index in [2.05, 4.69) is 36.2 Å². The molecule has 0 radical (unpaired) electrons. The van der Waals surface area contributed by atoms with Crippen molar-refractivity contribution in [1.29, 1.82) is 0 Å². The summed E-state index contributed by atoms with van der Waals surface area (Å²) >= 11 is 0. The highest BCUT2D eigenvalue weighted by atomic mass is 16.5. The molecule has 2 aromatic carbocycles. The number of aromatic nitrogens is 3. The highest BCUT2D eigenvalue weighted by molar-refractivity contribution is 5.57. The van der Waals surface area contributed by atoms with Crippen LogP contribution in [0.1, 0.15) is 30.9 Å². The lowest BCUT2D eigenvalue weighted by molar-refractivity contribution is 0.391. The number of nitrogens with zero attached hydrogens (tertiary/aromatic N) is 3. The van der Waals surface area contributed by atoms with Gasteiger partial charge in [0.1, 0.15) is 11.5 Å². The largest absolute Gasteiger partial charge is 0.497 e. The highest BCUT2D eigenvalue weighted by Gasteiger charge is 2.14. The lowest BCUT2D eigenvalue weighted by atomic mass is 10.0. The van der Waals surface area contributed by atoms with Gasteiger partial charge in [-0.3, -0.25) is 4.57 Å². The summed E-state index contributed by atoms with van der Waals surface area (Å²) < 4.78 is 12.4. The number of rotatable bonds is 7. The van der Waals surface area contributed by atoms with Crippen molar-refractivity contribution in [3.63, 3.8) is 0 Å². The number of benzene rings is 2. The molecule has 142 valence electrons. The second kappa shape index (κ2) is 8.12. The predicted octanol–water partition coefficient (Wildman–Crippen LogP) is 4.03. The number of hydrogen-bond donors (Lipinski definition) is 1. The molecule has 0 bridgehead atoms. The molecule has 1 N–H and O–H groups in total. The van der Waals surface area contributed by atoms with E-state index in [1.165, 1.54) is 5.56 Å². The Morgan fingerprint density at radius 3 is 2.33 bits per heavy atom. The van der Waals surface area contributed by atoms with Gasteiger partial charge in [-0.1, -0.05) is 37.1 Å². The number of methoxy groups -OCH3 is 2. The van der Waals surface area contributed by atoms with Crippen LogP contribution in [0.2, 0.25) is 0 Å². The zero-order valence-electron chi connectivity index (χ0n) is 16.1. The van der Waals surface area contributed by atoms with E-state index in [4.69, 9.17) is 9.47 Å². The molecule has 0 spiro atoms. The van der Waals surface area contributed by atoms with E-state index in [0.717, 1.165) is 22.6 Å². The molecule has 0 saturated carbocycles. The first-order chi connectivity index (χ1) is 13.0. The van der Waals surface area contributed by atoms with E-state index in [-0.39, 0.29) is 6.01 Å². The standard InChI is InChI=1S/C21H25N3O3/c1-14(2)16-6-5-7-17(12-16)20-22-23-21(25)24(20)9-8-15-10-18(26-3)13-19(11-15)27-4/h5-7,10-14H,8-9H2,1-4H3,(H,23,25). The Kier molecular flexibility index (Phi) is 5.64. The Balaban J connectivity index is 1.87. The summed E-state index contributed by atoms with van der Waals surface area (Å²) in [5.41, 5.74) is 3.21. The van der Waals surface area contributed by atoms with Gasteiger partial charge in [0, 0.05) is 18.2 Å². The molecule has 1 heterocycles. The van der Waals surface area contributed by atoms with Crippen LogP contribution in [0.5, 0.6) is 17.5 Å². The van der Waals surface area contributed by atoms with Crippen molar-refractivity contribution in [2.45, 2.75) is 32.7 Å². The number of aromatic hydroxyl groups is 1. The third-order valence-corrected chi connectivity index (χ3v) is 4.58. The quantitative estimate of drug-likeness (QED) is 0.683. The second-order valence-electron chi connectivity index (χ2n) is 6.73. The van der Waals surface area contributed by atoms with Crippen molar-refractivity contribution >= 4 is 0 Å². The van der Waals surface area contributed by atoms with Crippen LogP contribution in [-0.2, 0) is 13.0 Å². The van der Waals surface area contributed by atoms with Crippen LogP contribution >= 0.6 is 0 Å². The van der Waals surface area contributed by atoms with E-state index >= 15 is 0 Å². The van der Waals surface area contributed by atoms with Gasteiger partial charge in [-0.25, -0.2) is 0 Å². The minimum atomic E-state index is -0.0881. The van der Waals surface area contributed by atoms with Gasteiger partial charge >= 0.3 is 6.01 Å². The summed E-state index contributed by atoms with van der Waals surface area (Å²) in [6.45, 7) is 4.84. The highest BCUT2D eigenvalue weighted by Crippen LogP contribution is 2.27. The molecule has 0 fully saturated rings. The number of hydrogen-bond acceptors (Lipinski definition) is 5. The van der Waals surface area contributed by atoms with Gasteiger partial charge < -0.3 is 14.6 Å². The maximum absolute atomic E-state index is 10.2. The average Bonchev–Trinajstić information content (AvgIpc) is 3.06. The van der Waals surface area contributed by atoms with Crippen LogP contribution in [0.25, 0.3) is 11.4 Å². The predicted molar refractivity (Wildman–Crippen MR) is 104 cm³/mol. The Hall–Kier alpha value is -3.02. The topological polar surface area (TPSA) is 69.4 Å². The van der Waals surface area contributed by atoms with Crippen molar-refractivity contribution < 1.29 is 14.6 Å². The lowest BCUT2D eigenvalue weighted by Crippen LogP contribution is -2.04. The molecule has 1 aromatic heterocycles. The Labute approximate surface area is 159 Å². The first-order valence-electron chi connectivity index (χ1n) is 8.96. The zero-order valence-corrected chi connectivity index (χ0v) is 16.1. The van der Waals surface area contributed by atoms with Crippen molar-refractivity contribution in [3.05, 3.63) is 53.6 Å². The van der Waals surface area contributed by atoms with Crippen molar-refractivity contribution in [1.82, 2.24) is 14.8 Å². The lowest BCUT2D eigenvalue weighted by Gasteiger charge is -2.12. The molecule has 6 nitrogen and oxygen atoms in total. The van der Waals surface area contributed by atoms with Crippen LogP contribution in [0, 0.1) is 0 Å². The van der Waals surface area contributed by atoms with Gasteiger partial charge in [-0.2, -0.15) is 0 Å². The van der Waals surface area contributed by atoms with E-state index in [9.17, 15) is 5.11 Å². The summed E-state index contributed by atoms with van der Waals surface area (Å²) in [6, 6.07) is 13.9. The first-order valence-corrected chi connectivity index (χ1v) is 8.96. The van der Waals surface area contributed by atoms with Crippen molar-refractivity contribution in [2.75, 3.05) is 14.2 Å². The maximum atomic E-state index is 10.2. The summed E-state index contributed by atoms with van der Waals surface area (Å²) in [5, 5.41) is 18.2. The molecule has 6 heteroatoms. The van der Waals surface area contributed by atoms with Gasteiger partial charge in [0.2, 0.25) is 0 Å². The van der Waals surface area contributed by atoms with Gasteiger partial charge in [-0.15, -0.1) is 5.10 Å². The van der Waals surface area contributed by atoms with E-state index in [1.54, 1.807) is 18.8 Å². The van der Waals surface area contributed by atoms with Crippen LogP contribution in [0.4, 0.5) is 0 Å². The number of ether oxygens (including phenoxy) is 2. The van der Waals surface area contributed by atoms with Gasteiger partial charge in [0.05, 0.1) is 14.2 Å². The van der Waals surface area contributed by atoms with Crippen LogP contribution in [-0.4, -0.2) is 34.1 Å². The Morgan fingerprint density at radius 1 is 1.00 bits per heavy atom. The molecule has 0 aliphatic heterocycles. The second-order valence-corrected chi connectivity index (χ2v) is 6.73. The molecule has 0 amide bonds. The summed E-state index contributed by atoms with van der Waals surface area (Å²) in [4.78, 5) is 0. The summed E-state index contributed by atoms with van der Waals surface area (Å²) in [7, 11) is 3.26. The monoisotopic (exact) mass is 367 g/mol. The Morgan fingerprint density at radius 2 is 1.70 bits per heavy atom. The smallest absolute Gasteiger partial charge is 0.314 e. The van der Waals surface area contributed by atoms with E-state index < -0.39 is 0 Å². The van der Waals surface area contributed by atoms with Crippen molar-refractivity contribution in [2.24, 2.45) is 0 Å². The zero-order chi connectivity index (χ0) is 19.4. The van der Waals surface area contributed by atoms with Crippen molar-refractivity contribution in [3.8, 4) is 28.9 Å². The molecular weight excluding hydrogens is 342 g/mol. The number of aryl methyl sites for hydroxylation is 1.